The van der Waals surface area contributed by atoms with Crippen LogP contribution in [0.2, 0.25) is 0 Å². The summed E-state index contributed by atoms with van der Waals surface area (Å²) in [6.07, 6.45) is 3.26. The minimum Gasteiger partial charge on any atom is -0.480 e. The molecule has 3 rings (SSSR count). The maximum Gasteiger partial charge on any atom is 0.333 e. The third-order valence-corrected chi connectivity index (χ3v) is 7.60. The fourth-order valence-electron chi connectivity index (χ4n) is 4.24. The molecule has 0 unspecified atom stereocenters. The van der Waals surface area contributed by atoms with E-state index in [1.807, 2.05) is 0 Å². The average Bonchev–Trinajstić information content (AvgIpc) is 3.20. The van der Waals surface area contributed by atoms with Crippen molar-refractivity contribution in [1.29, 1.82) is 5.26 Å². The Bertz CT molecular complexity index is 1580. The Labute approximate surface area is 222 Å². The van der Waals surface area contributed by atoms with Crippen molar-refractivity contribution in [2.24, 2.45) is 10.2 Å². The Morgan fingerprint density at radius 3 is 2.63 bits per heavy atom. The number of hydrogen-bond donors (Lipinski definition) is 1. The maximum absolute atomic E-state index is 14.1. The van der Waals surface area contributed by atoms with Gasteiger partial charge in [-0.15, -0.1) is 5.12 Å². The van der Waals surface area contributed by atoms with E-state index in [0.717, 1.165) is 21.5 Å². The number of unbranched alkanes of at least 4 members (excludes halogenated alkanes) is 1. The van der Waals surface area contributed by atoms with E-state index >= 15 is 0 Å². The van der Waals surface area contributed by atoms with Crippen molar-refractivity contribution in [2.45, 2.75) is 65.5 Å². The number of thiophene rings is 1. The molecule has 0 bridgehead atoms. The van der Waals surface area contributed by atoms with Gasteiger partial charge < -0.3 is 5.11 Å². The van der Waals surface area contributed by atoms with Crippen LogP contribution >= 0.6 is 11.3 Å². The summed E-state index contributed by atoms with van der Waals surface area (Å²) in [5.41, 5.74) is -1.37. The summed E-state index contributed by atoms with van der Waals surface area (Å²) < 4.78 is 16.2. The minimum absolute atomic E-state index is 0.0535. The Hall–Kier alpha value is -4.11. The number of halogens is 1. The number of nitriles is 1. The summed E-state index contributed by atoms with van der Waals surface area (Å²) in [6.45, 7) is 9.51. The van der Waals surface area contributed by atoms with Crippen LogP contribution in [0.3, 0.4) is 0 Å². The van der Waals surface area contributed by atoms with Gasteiger partial charge in [-0.05, 0) is 70.2 Å². The molecular weight excluding hydrogens is 511 g/mol. The zero-order chi connectivity index (χ0) is 28.2. The number of benzene rings is 1. The smallest absolute Gasteiger partial charge is 0.333 e. The van der Waals surface area contributed by atoms with Crippen molar-refractivity contribution in [1.82, 2.24) is 9.13 Å². The van der Waals surface area contributed by atoms with E-state index in [4.69, 9.17) is 5.26 Å². The number of hydrazone groups is 2. The van der Waals surface area contributed by atoms with E-state index in [1.165, 1.54) is 41.9 Å². The first-order chi connectivity index (χ1) is 18.0. The molecule has 0 saturated carbocycles. The van der Waals surface area contributed by atoms with Crippen LogP contribution in [0.4, 0.5) is 9.39 Å². The summed E-state index contributed by atoms with van der Waals surface area (Å²) in [5.74, 6) is -1.77. The number of carboxylic acids is 1. The van der Waals surface area contributed by atoms with Gasteiger partial charge in [-0.25, -0.2) is 18.5 Å². The topological polar surface area (TPSA) is 133 Å². The summed E-state index contributed by atoms with van der Waals surface area (Å²) in [5, 5.41) is 28.6. The van der Waals surface area contributed by atoms with E-state index < -0.39 is 28.6 Å². The van der Waals surface area contributed by atoms with E-state index in [-0.39, 0.29) is 18.4 Å². The number of aryl methyl sites for hydroxylation is 4. The standard InChI is InChI=1S/C26H29FN6O4S/c1-6-30-33(29-5)22-16(2)20-21(34)32(26(3,4)24(35)36)25(37)31(23(20)38-22)14-12-18-15-19(27)11-10-17(18)9-7-8-13-28/h6,10-11,15H,5,7-9,12,14H2,1-4H3,(H,35,36)/b30-6-. The number of rotatable bonds is 11. The number of carboxylic acid groups (broad SMARTS) is 1. The van der Waals surface area contributed by atoms with Crippen LogP contribution in [0.5, 0.6) is 0 Å². The molecule has 0 fully saturated rings. The van der Waals surface area contributed by atoms with Crippen molar-refractivity contribution in [3.8, 4) is 6.07 Å². The molecule has 2 aromatic heterocycles. The number of fused-ring (bicyclic) bond motifs is 1. The van der Waals surface area contributed by atoms with Crippen molar-refractivity contribution in [3.05, 3.63) is 61.5 Å². The van der Waals surface area contributed by atoms with Gasteiger partial charge >= 0.3 is 11.7 Å². The van der Waals surface area contributed by atoms with Gasteiger partial charge in [-0.2, -0.15) is 15.5 Å². The number of aliphatic carboxylic acids is 1. The highest BCUT2D eigenvalue weighted by molar-refractivity contribution is 7.22. The molecular formula is C26H29FN6O4S. The molecule has 0 spiro atoms. The zero-order valence-corrected chi connectivity index (χ0v) is 22.5. The molecule has 0 radical (unpaired) electrons. The predicted molar refractivity (Wildman–Crippen MR) is 147 cm³/mol. The molecule has 0 atom stereocenters. The second-order valence-electron chi connectivity index (χ2n) is 9.13. The van der Waals surface area contributed by atoms with Crippen LogP contribution in [-0.4, -0.2) is 33.1 Å². The highest BCUT2D eigenvalue weighted by Crippen LogP contribution is 2.36. The van der Waals surface area contributed by atoms with Gasteiger partial charge in [-0.3, -0.25) is 9.36 Å². The highest BCUT2D eigenvalue weighted by Gasteiger charge is 2.35. The fourth-order valence-corrected chi connectivity index (χ4v) is 5.48. The molecule has 0 aliphatic carbocycles. The van der Waals surface area contributed by atoms with Gasteiger partial charge in [-0.1, -0.05) is 17.4 Å². The number of nitrogens with zero attached hydrogens (tertiary/aromatic N) is 6. The summed E-state index contributed by atoms with van der Waals surface area (Å²) in [4.78, 5) is 39.7. The molecule has 200 valence electrons. The lowest BCUT2D eigenvalue weighted by Gasteiger charge is -2.23. The molecule has 1 N–H and O–H groups in total. The second-order valence-corrected chi connectivity index (χ2v) is 10.1. The molecule has 0 aliphatic rings. The lowest BCUT2D eigenvalue weighted by Crippen LogP contribution is -2.52. The summed E-state index contributed by atoms with van der Waals surface area (Å²) in [6, 6.07) is 6.51. The summed E-state index contributed by atoms with van der Waals surface area (Å²) in [7, 11) is 0. The van der Waals surface area contributed by atoms with Gasteiger partial charge in [0.1, 0.15) is 21.2 Å². The van der Waals surface area contributed by atoms with E-state index in [0.29, 0.717) is 40.2 Å². The molecule has 10 nitrogen and oxygen atoms in total. The molecule has 3 aromatic rings. The Morgan fingerprint density at radius 2 is 2.03 bits per heavy atom. The summed E-state index contributed by atoms with van der Waals surface area (Å²) >= 11 is 1.11. The fraction of sp³-hybridized carbons (Fsp3) is 0.385. The molecule has 0 saturated heterocycles. The molecule has 2 heterocycles. The van der Waals surface area contributed by atoms with Gasteiger partial charge in [0.25, 0.3) is 5.56 Å². The van der Waals surface area contributed by atoms with Crippen LogP contribution in [0, 0.1) is 24.1 Å². The molecule has 0 amide bonds. The first-order valence-corrected chi connectivity index (χ1v) is 12.7. The van der Waals surface area contributed by atoms with Crippen LogP contribution in [0.1, 0.15) is 50.3 Å². The number of hydrogen-bond acceptors (Lipinski definition) is 8. The monoisotopic (exact) mass is 540 g/mol. The van der Waals surface area contributed by atoms with Gasteiger partial charge in [0, 0.05) is 31.5 Å². The van der Waals surface area contributed by atoms with Crippen LogP contribution in [0.15, 0.2) is 38.0 Å². The van der Waals surface area contributed by atoms with Gasteiger partial charge in [0.05, 0.1) is 11.5 Å². The quantitative estimate of drug-likeness (QED) is 0.222. The van der Waals surface area contributed by atoms with Crippen LogP contribution in [0.25, 0.3) is 10.2 Å². The van der Waals surface area contributed by atoms with Gasteiger partial charge in [0.2, 0.25) is 0 Å². The largest absolute Gasteiger partial charge is 0.480 e. The number of carbonyl (C=O) groups is 1. The Balaban J connectivity index is 2.27. The first-order valence-electron chi connectivity index (χ1n) is 11.9. The van der Waals surface area contributed by atoms with Gasteiger partial charge in [0.15, 0.2) is 0 Å². The predicted octanol–water partition coefficient (Wildman–Crippen LogP) is 4.01. The highest BCUT2D eigenvalue weighted by atomic mass is 32.1. The Morgan fingerprint density at radius 1 is 1.32 bits per heavy atom. The van der Waals surface area contributed by atoms with Crippen molar-refractivity contribution < 1.29 is 14.3 Å². The zero-order valence-electron chi connectivity index (χ0n) is 21.7. The third-order valence-electron chi connectivity index (χ3n) is 6.32. The van der Waals surface area contributed by atoms with Crippen LogP contribution < -0.4 is 16.4 Å². The second kappa shape index (κ2) is 11.5. The van der Waals surface area contributed by atoms with E-state index in [1.54, 1.807) is 19.9 Å². The first kappa shape index (κ1) is 28.5. The average molecular weight is 541 g/mol. The molecule has 12 heteroatoms. The van der Waals surface area contributed by atoms with Crippen molar-refractivity contribution in [3.63, 3.8) is 0 Å². The van der Waals surface area contributed by atoms with Crippen molar-refractivity contribution in [2.75, 3.05) is 5.12 Å². The Kier molecular flexibility index (Phi) is 8.63. The molecule has 1 aromatic carbocycles. The van der Waals surface area contributed by atoms with Crippen molar-refractivity contribution >= 4 is 45.5 Å². The number of anilines is 1. The van der Waals surface area contributed by atoms with Crippen LogP contribution in [-0.2, 0) is 29.7 Å². The lowest BCUT2D eigenvalue weighted by molar-refractivity contribution is -0.146. The molecule has 0 aliphatic heterocycles. The molecule has 38 heavy (non-hydrogen) atoms. The van der Waals surface area contributed by atoms with E-state index in [9.17, 15) is 23.9 Å². The maximum atomic E-state index is 14.1. The lowest BCUT2D eigenvalue weighted by atomic mass is 9.99. The minimum atomic E-state index is -1.84. The number of aromatic nitrogens is 2. The third kappa shape index (κ3) is 5.28. The van der Waals surface area contributed by atoms with E-state index in [2.05, 4.69) is 23.0 Å². The SMILES string of the molecule is C=NN(/N=C\C)c1sc2c(c1C)c(=O)n(C(C)(C)C(=O)O)c(=O)n2CCc1cc(F)ccc1CCCC#N. The normalized spacial score (nSPS) is 11.7.